The van der Waals surface area contributed by atoms with Gasteiger partial charge in [0.05, 0.1) is 0 Å². The Morgan fingerprint density at radius 1 is 0.815 bits per heavy atom. The van der Waals surface area contributed by atoms with Gasteiger partial charge in [0.2, 0.25) is 0 Å². The van der Waals surface area contributed by atoms with Crippen LogP contribution in [0.15, 0.2) is 59.5 Å². The summed E-state index contributed by atoms with van der Waals surface area (Å²) >= 11 is 1.98. The van der Waals surface area contributed by atoms with Crippen LogP contribution in [0.25, 0.3) is 0 Å². The number of thioether (sulfide) groups is 1. The average Bonchev–Trinajstić information content (AvgIpc) is 2.68. The van der Waals surface area contributed by atoms with E-state index >= 15 is 0 Å². The van der Waals surface area contributed by atoms with E-state index < -0.39 is 0 Å². The van der Waals surface area contributed by atoms with Gasteiger partial charge in [0.15, 0.2) is 0 Å². The summed E-state index contributed by atoms with van der Waals surface area (Å²) < 4.78 is 0. The van der Waals surface area contributed by atoms with Crippen molar-refractivity contribution in [2.75, 3.05) is 25.4 Å². The molecule has 0 aliphatic carbocycles. The van der Waals surface area contributed by atoms with E-state index in [0.717, 1.165) is 25.6 Å². The van der Waals surface area contributed by atoms with Crippen molar-refractivity contribution in [2.24, 2.45) is 11.8 Å². The second-order valence-corrected chi connectivity index (χ2v) is 9.12. The van der Waals surface area contributed by atoms with E-state index in [2.05, 4.69) is 94.1 Å². The molecule has 0 spiro atoms. The fourth-order valence-electron chi connectivity index (χ4n) is 3.69. The summed E-state index contributed by atoms with van der Waals surface area (Å²) in [5, 5.41) is 0. The van der Waals surface area contributed by atoms with Gasteiger partial charge in [-0.1, -0.05) is 77.1 Å². The molecule has 0 aromatic heterocycles. The van der Waals surface area contributed by atoms with Crippen LogP contribution in [0.2, 0.25) is 0 Å². The Morgan fingerprint density at radius 3 is 1.96 bits per heavy atom. The molecule has 0 heterocycles. The van der Waals surface area contributed by atoms with Gasteiger partial charge < -0.3 is 4.90 Å². The zero-order chi connectivity index (χ0) is 19.6. The normalized spacial score (nSPS) is 13.9. The largest absolute Gasteiger partial charge is 0.304 e. The van der Waals surface area contributed by atoms with E-state index in [9.17, 15) is 0 Å². The number of hydrogen-bond donors (Lipinski definition) is 0. The Hall–Kier alpha value is -1.25. The van der Waals surface area contributed by atoms with E-state index in [0.29, 0.717) is 11.8 Å². The number of rotatable bonds is 11. The fourth-order valence-corrected chi connectivity index (χ4v) is 4.84. The monoisotopic (exact) mass is 383 g/mol. The van der Waals surface area contributed by atoms with Gasteiger partial charge in [-0.2, -0.15) is 0 Å². The molecule has 0 aliphatic heterocycles. The lowest BCUT2D eigenvalue weighted by Gasteiger charge is -2.30. The van der Waals surface area contributed by atoms with Crippen LogP contribution in [0.1, 0.15) is 58.1 Å². The first-order valence-electron chi connectivity index (χ1n) is 10.5. The highest BCUT2D eigenvalue weighted by molar-refractivity contribution is 7.99. The van der Waals surface area contributed by atoms with Crippen molar-refractivity contribution >= 4 is 11.8 Å². The number of nitrogens with zero attached hydrogens (tertiary/aromatic N) is 1. The molecule has 1 nitrogen and oxygen atoms in total. The minimum atomic E-state index is 0.446. The van der Waals surface area contributed by atoms with Gasteiger partial charge in [-0.25, -0.2) is 0 Å². The Balaban J connectivity index is 2.18. The van der Waals surface area contributed by atoms with Crippen molar-refractivity contribution in [3.63, 3.8) is 0 Å². The molecular weight excluding hydrogens is 346 g/mol. The molecule has 2 aromatic rings. The molecule has 2 heteroatoms. The van der Waals surface area contributed by atoms with E-state index in [4.69, 9.17) is 0 Å². The van der Waals surface area contributed by atoms with Gasteiger partial charge in [0.1, 0.15) is 0 Å². The molecule has 0 fully saturated rings. The molecular formula is C25H37NS. The smallest absolute Gasteiger partial charge is 0.0127 e. The summed E-state index contributed by atoms with van der Waals surface area (Å²) in [6.07, 6.45) is 1.28. The molecule has 0 saturated heterocycles. The first-order valence-corrected chi connectivity index (χ1v) is 11.5. The molecule has 0 bridgehead atoms. The van der Waals surface area contributed by atoms with Gasteiger partial charge in [0.25, 0.3) is 0 Å². The highest BCUT2D eigenvalue weighted by atomic mass is 32.2. The first kappa shape index (κ1) is 22.0. The predicted octanol–water partition coefficient (Wildman–Crippen LogP) is 6.93. The van der Waals surface area contributed by atoms with Crippen molar-refractivity contribution in [3.05, 3.63) is 65.7 Å². The van der Waals surface area contributed by atoms with E-state index in [1.807, 2.05) is 11.8 Å². The third kappa shape index (κ3) is 7.01. The standard InChI is InChI=1S/C25H37NS/c1-6-26(7-2)19-21(5)25(22-11-9-8-10-12-22)23-13-15-24(16-14-23)27-18-17-20(3)4/h8-16,20-21,25H,6-7,17-19H2,1-5H3. The summed E-state index contributed by atoms with van der Waals surface area (Å²) in [5.41, 5.74) is 2.87. The van der Waals surface area contributed by atoms with Gasteiger partial charge in [0, 0.05) is 17.4 Å². The molecule has 0 radical (unpaired) electrons. The van der Waals surface area contributed by atoms with E-state index in [1.54, 1.807) is 0 Å². The second kappa shape index (κ2) is 11.6. The van der Waals surface area contributed by atoms with Gasteiger partial charge >= 0.3 is 0 Å². The lowest BCUT2D eigenvalue weighted by Crippen LogP contribution is -2.31. The molecule has 2 rings (SSSR count). The second-order valence-electron chi connectivity index (χ2n) is 7.95. The molecule has 0 N–H and O–H groups in total. The number of hydrogen-bond acceptors (Lipinski definition) is 2. The molecule has 0 saturated carbocycles. The maximum absolute atomic E-state index is 2.54. The van der Waals surface area contributed by atoms with Gasteiger partial charge in [-0.15, -0.1) is 11.8 Å². The third-order valence-electron chi connectivity index (χ3n) is 5.37. The van der Waals surface area contributed by atoms with Crippen LogP contribution < -0.4 is 0 Å². The summed E-state index contributed by atoms with van der Waals surface area (Å²) in [5.74, 6) is 3.01. The zero-order valence-corrected chi connectivity index (χ0v) is 18.6. The van der Waals surface area contributed by atoms with Crippen LogP contribution in [0, 0.1) is 11.8 Å². The summed E-state index contributed by atoms with van der Waals surface area (Å²) in [6.45, 7) is 14.9. The van der Waals surface area contributed by atoms with Crippen molar-refractivity contribution in [1.82, 2.24) is 4.90 Å². The van der Waals surface area contributed by atoms with Crippen LogP contribution in [0.3, 0.4) is 0 Å². The Kier molecular flexibility index (Phi) is 9.44. The molecule has 0 aliphatic rings. The Labute approximate surface area is 171 Å². The van der Waals surface area contributed by atoms with Gasteiger partial charge in [-0.05, 0) is 60.4 Å². The highest BCUT2D eigenvalue weighted by Crippen LogP contribution is 2.34. The van der Waals surface area contributed by atoms with Crippen molar-refractivity contribution < 1.29 is 0 Å². The van der Waals surface area contributed by atoms with Crippen LogP contribution in [-0.2, 0) is 0 Å². The summed E-state index contributed by atoms with van der Waals surface area (Å²) in [4.78, 5) is 3.93. The molecule has 2 aromatic carbocycles. The molecule has 2 atom stereocenters. The quantitative estimate of drug-likeness (QED) is 0.387. The Morgan fingerprint density at radius 2 is 1.41 bits per heavy atom. The topological polar surface area (TPSA) is 3.24 Å². The molecule has 148 valence electrons. The van der Waals surface area contributed by atoms with E-state index in [1.165, 1.54) is 28.2 Å². The fraction of sp³-hybridized carbons (Fsp3) is 0.520. The SMILES string of the molecule is CCN(CC)CC(C)C(c1ccccc1)c1ccc(SCCC(C)C)cc1. The van der Waals surface area contributed by atoms with Crippen LogP contribution in [0.5, 0.6) is 0 Å². The maximum atomic E-state index is 2.54. The molecule has 27 heavy (non-hydrogen) atoms. The minimum absolute atomic E-state index is 0.446. The lowest BCUT2D eigenvalue weighted by molar-refractivity contribution is 0.250. The van der Waals surface area contributed by atoms with Crippen LogP contribution in [0.4, 0.5) is 0 Å². The van der Waals surface area contributed by atoms with Crippen LogP contribution in [-0.4, -0.2) is 30.3 Å². The van der Waals surface area contributed by atoms with Crippen molar-refractivity contribution in [2.45, 2.75) is 51.9 Å². The maximum Gasteiger partial charge on any atom is 0.0127 e. The van der Waals surface area contributed by atoms with Gasteiger partial charge in [-0.3, -0.25) is 0 Å². The lowest BCUT2D eigenvalue weighted by atomic mass is 9.81. The van der Waals surface area contributed by atoms with E-state index in [-0.39, 0.29) is 0 Å². The number of benzene rings is 2. The minimum Gasteiger partial charge on any atom is -0.304 e. The summed E-state index contributed by atoms with van der Waals surface area (Å²) in [6, 6.07) is 20.4. The van der Waals surface area contributed by atoms with Crippen LogP contribution >= 0.6 is 11.8 Å². The van der Waals surface area contributed by atoms with Crippen molar-refractivity contribution in [1.29, 1.82) is 0 Å². The average molecular weight is 384 g/mol. The Bertz CT molecular complexity index is 631. The third-order valence-corrected chi connectivity index (χ3v) is 6.42. The highest BCUT2D eigenvalue weighted by Gasteiger charge is 2.22. The zero-order valence-electron chi connectivity index (χ0n) is 17.8. The first-order chi connectivity index (χ1) is 13.0. The molecule has 0 amide bonds. The van der Waals surface area contributed by atoms with Crippen molar-refractivity contribution in [3.8, 4) is 0 Å². The summed E-state index contributed by atoms with van der Waals surface area (Å²) in [7, 11) is 0. The predicted molar refractivity (Wildman–Crippen MR) is 122 cm³/mol. The molecule has 2 unspecified atom stereocenters.